The van der Waals surface area contributed by atoms with Crippen molar-refractivity contribution in [2.75, 3.05) is 53.8 Å². The van der Waals surface area contributed by atoms with Gasteiger partial charge in [-0.15, -0.1) is 0 Å². The Balaban J connectivity index is 2.66. The molecule has 0 bridgehead atoms. The summed E-state index contributed by atoms with van der Waals surface area (Å²) in [6.07, 6.45) is -2.65. The molecule has 8 atom stereocenters. The van der Waals surface area contributed by atoms with Gasteiger partial charge in [0, 0.05) is 32.2 Å². The summed E-state index contributed by atoms with van der Waals surface area (Å²) in [5.41, 5.74) is 0. The van der Waals surface area contributed by atoms with Gasteiger partial charge < -0.3 is 49.5 Å². The lowest BCUT2D eigenvalue weighted by Crippen LogP contribution is -2.56. The molecular formula is C19H37NO9. The monoisotopic (exact) mass is 423 g/mol. The molecule has 0 radical (unpaired) electrons. The number of rotatable bonds is 14. The van der Waals surface area contributed by atoms with Crippen LogP contribution < -0.4 is 0 Å². The summed E-state index contributed by atoms with van der Waals surface area (Å²) in [7, 11) is 3.07. The Morgan fingerprint density at radius 2 is 1.79 bits per heavy atom. The van der Waals surface area contributed by atoms with E-state index < -0.39 is 42.5 Å². The number of ether oxygens (including phenoxy) is 4. The zero-order valence-corrected chi connectivity index (χ0v) is 17.5. The van der Waals surface area contributed by atoms with Crippen LogP contribution >= 0.6 is 0 Å². The standard InChI is InChI=1S/C19H37NO9/c1-4-14-16(8-23)29-17(19(25)18(14)24)11-27-9-12(5-20-2)15(7-22)28-13(6-21)10-26-3/h5,12-19,21-25H,4,6-11H2,1-3H3/t12-,13+,14-,15?,16?,17-,18+,19?/m1/s1. The maximum Gasteiger partial charge on any atom is 0.110 e. The normalized spacial score (nSPS) is 31.1. The molecule has 1 saturated heterocycles. The number of aliphatic imine (C=N–C) groups is 1. The van der Waals surface area contributed by atoms with Gasteiger partial charge in [0.15, 0.2) is 0 Å². The summed E-state index contributed by atoms with van der Waals surface area (Å²) >= 11 is 0. The Kier molecular flexibility index (Phi) is 13.0. The summed E-state index contributed by atoms with van der Waals surface area (Å²) in [4.78, 5) is 3.98. The molecule has 5 N–H and O–H groups in total. The molecule has 1 aliphatic rings. The van der Waals surface area contributed by atoms with Gasteiger partial charge in [0.2, 0.25) is 0 Å². The van der Waals surface area contributed by atoms with Crippen LogP contribution in [0.2, 0.25) is 0 Å². The van der Waals surface area contributed by atoms with E-state index in [1.807, 2.05) is 6.92 Å². The van der Waals surface area contributed by atoms with Crippen molar-refractivity contribution >= 4 is 6.21 Å². The maximum atomic E-state index is 10.3. The third-order valence-electron chi connectivity index (χ3n) is 5.16. The number of hydrogen-bond donors (Lipinski definition) is 5. The van der Waals surface area contributed by atoms with Crippen molar-refractivity contribution in [3.05, 3.63) is 0 Å². The van der Waals surface area contributed by atoms with Gasteiger partial charge in [-0.3, -0.25) is 0 Å². The van der Waals surface area contributed by atoms with Crippen molar-refractivity contribution < 1.29 is 44.5 Å². The molecule has 0 amide bonds. The quantitative estimate of drug-likeness (QED) is 0.204. The number of methoxy groups -OCH3 is 1. The Morgan fingerprint density at radius 1 is 1.07 bits per heavy atom. The first-order valence-electron chi connectivity index (χ1n) is 9.95. The van der Waals surface area contributed by atoms with Crippen LogP contribution in [0.25, 0.3) is 0 Å². The van der Waals surface area contributed by atoms with E-state index in [2.05, 4.69) is 4.99 Å². The Bertz CT molecular complexity index is 451. The SMILES string of the molecule is CC[C@@H]1C(CO)O[C@H](COC[C@@H](C=NC)C(CO)O[C@@H](CO)COC)C(O)[C@H]1O. The molecule has 10 heteroatoms. The molecule has 1 rings (SSSR count). The summed E-state index contributed by atoms with van der Waals surface area (Å²) in [5.74, 6) is -0.770. The molecule has 3 unspecified atom stereocenters. The fourth-order valence-corrected chi connectivity index (χ4v) is 3.53. The van der Waals surface area contributed by atoms with E-state index in [1.54, 1.807) is 13.3 Å². The van der Waals surface area contributed by atoms with Crippen LogP contribution in [-0.2, 0) is 18.9 Å². The second kappa shape index (κ2) is 14.3. The minimum atomic E-state index is -1.13. The molecule has 29 heavy (non-hydrogen) atoms. The van der Waals surface area contributed by atoms with E-state index in [-0.39, 0.29) is 45.6 Å². The average Bonchev–Trinajstić information content (AvgIpc) is 2.73. The van der Waals surface area contributed by atoms with Crippen LogP contribution in [0.3, 0.4) is 0 Å². The van der Waals surface area contributed by atoms with Gasteiger partial charge in [-0.05, 0) is 6.42 Å². The molecule has 172 valence electrons. The second-order valence-electron chi connectivity index (χ2n) is 7.17. The molecule has 0 aliphatic carbocycles. The summed E-state index contributed by atoms with van der Waals surface area (Å²) in [6, 6.07) is 0. The van der Waals surface area contributed by atoms with Gasteiger partial charge in [-0.2, -0.15) is 0 Å². The van der Waals surface area contributed by atoms with Gasteiger partial charge in [-0.25, -0.2) is 0 Å². The summed E-state index contributed by atoms with van der Waals surface area (Å²) in [5, 5.41) is 49.2. The smallest absolute Gasteiger partial charge is 0.110 e. The van der Waals surface area contributed by atoms with E-state index in [4.69, 9.17) is 18.9 Å². The largest absolute Gasteiger partial charge is 0.394 e. The van der Waals surface area contributed by atoms with Crippen molar-refractivity contribution in [1.29, 1.82) is 0 Å². The topological polar surface area (TPSA) is 150 Å². The highest BCUT2D eigenvalue weighted by molar-refractivity contribution is 5.61. The lowest BCUT2D eigenvalue weighted by atomic mass is 9.85. The highest BCUT2D eigenvalue weighted by Crippen LogP contribution is 2.28. The maximum absolute atomic E-state index is 10.3. The zero-order chi connectivity index (χ0) is 21.8. The van der Waals surface area contributed by atoms with Crippen LogP contribution in [0.5, 0.6) is 0 Å². The molecule has 0 spiro atoms. The lowest BCUT2D eigenvalue weighted by Gasteiger charge is -2.42. The van der Waals surface area contributed by atoms with Crippen LogP contribution in [0, 0.1) is 11.8 Å². The molecule has 0 aromatic rings. The second-order valence-corrected chi connectivity index (χ2v) is 7.17. The van der Waals surface area contributed by atoms with Gasteiger partial charge >= 0.3 is 0 Å². The number of aliphatic hydroxyl groups is 5. The van der Waals surface area contributed by atoms with Crippen LogP contribution in [-0.4, -0.2) is 122 Å². The number of aliphatic hydroxyl groups excluding tert-OH is 5. The summed E-state index contributed by atoms with van der Waals surface area (Å²) < 4.78 is 22.1. The molecule has 1 heterocycles. The third kappa shape index (κ3) is 7.82. The average molecular weight is 424 g/mol. The van der Waals surface area contributed by atoms with E-state index in [0.717, 1.165) is 0 Å². The molecule has 10 nitrogen and oxygen atoms in total. The Labute approximate surface area is 172 Å². The molecule has 0 aromatic heterocycles. The van der Waals surface area contributed by atoms with Crippen molar-refractivity contribution in [3.63, 3.8) is 0 Å². The zero-order valence-electron chi connectivity index (χ0n) is 17.5. The molecule has 0 aromatic carbocycles. The summed E-state index contributed by atoms with van der Waals surface area (Å²) in [6.45, 7) is 1.29. The van der Waals surface area contributed by atoms with Gasteiger partial charge in [0.05, 0.1) is 58.0 Å². The van der Waals surface area contributed by atoms with Crippen molar-refractivity contribution in [3.8, 4) is 0 Å². The first-order chi connectivity index (χ1) is 14.0. The number of hydrogen-bond acceptors (Lipinski definition) is 10. The van der Waals surface area contributed by atoms with Crippen LogP contribution in [0.1, 0.15) is 13.3 Å². The minimum Gasteiger partial charge on any atom is -0.394 e. The van der Waals surface area contributed by atoms with Gasteiger partial charge in [-0.1, -0.05) is 6.92 Å². The molecule has 1 fully saturated rings. The molecule has 0 saturated carbocycles. The Hall–Kier alpha value is -0.690. The molecule has 1 aliphatic heterocycles. The van der Waals surface area contributed by atoms with E-state index in [1.165, 1.54) is 7.11 Å². The van der Waals surface area contributed by atoms with E-state index >= 15 is 0 Å². The van der Waals surface area contributed by atoms with Crippen molar-refractivity contribution in [2.45, 2.75) is 50.0 Å². The lowest BCUT2D eigenvalue weighted by molar-refractivity contribution is -0.222. The minimum absolute atomic E-state index is 0.0150. The predicted molar refractivity (Wildman–Crippen MR) is 105 cm³/mol. The highest BCUT2D eigenvalue weighted by Gasteiger charge is 2.43. The van der Waals surface area contributed by atoms with Crippen LogP contribution in [0.15, 0.2) is 4.99 Å². The first kappa shape index (κ1) is 26.3. The Morgan fingerprint density at radius 3 is 2.31 bits per heavy atom. The number of nitrogens with zero attached hydrogens (tertiary/aromatic N) is 1. The fraction of sp³-hybridized carbons (Fsp3) is 0.947. The highest BCUT2D eigenvalue weighted by atomic mass is 16.6. The van der Waals surface area contributed by atoms with Crippen LogP contribution in [0.4, 0.5) is 0 Å². The fourth-order valence-electron chi connectivity index (χ4n) is 3.53. The van der Waals surface area contributed by atoms with Crippen molar-refractivity contribution in [2.24, 2.45) is 16.8 Å². The third-order valence-corrected chi connectivity index (χ3v) is 5.16. The van der Waals surface area contributed by atoms with Gasteiger partial charge in [0.25, 0.3) is 0 Å². The first-order valence-corrected chi connectivity index (χ1v) is 9.95. The predicted octanol–water partition coefficient (Wildman–Crippen LogP) is -1.79. The molecular weight excluding hydrogens is 386 g/mol. The van der Waals surface area contributed by atoms with E-state index in [9.17, 15) is 25.5 Å². The van der Waals surface area contributed by atoms with Crippen molar-refractivity contribution in [1.82, 2.24) is 0 Å². The van der Waals surface area contributed by atoms with Gasteiger partial charge in [0.1, 0.15) is 18.3 Å². The van der Waals surface area contributed by atoms with E-state index in [0.29, 0.717) is 6.42 Å².